The number of halogens is 3. The molecule has 1 heterocycles. The largest absolute Gasteiger partial charge is 0.416 e. The molecule has 2 rings (SSSR count). The van der Waals surface area contributed by atoms with Gasteiger partial charge in [0.2, 0.25) is 0 Å². The van der Waals surface area contributed by atoms with Crippen molar-refractivity contribution >= 4 is 17.2 Å². The van der Waals surface area contributed by atoms with E-state index in [0.29, 0.717) is 47.4 Å². The van der Waals surface area contributed by atoms with Crippen molar-refractivity contribution in [2.24, 2.45) is 0 Å². The normalized spacial score (nSPS) is 11.6. The predicted molar refractivity (Wildman–Crippen MR) is 96.9 cm³/mol. The van der Waals surface area contributed by atoms with Crippen LogP contribution in [-0.2, 0) is 15.7 Å². The molecule has 148 valence electrons. The molecule has 27 heavy (non-hydrogen) atoms. The van der Waals surface area contributed by atoms with Gasteiger partial charge in [-0.25, -0.2) is 4.98 Å². The number of carbonyl (C=O) groups excluding carboxylic acids is 1. The van der Waals surface area contributed by atoms with Crippen LogP contribution in [0, 0.1) is 6.92 Å². The van der Waals surface area contributed by atoms with Gasteiger partial charge in [-0.3, -0.25) is 4.79 Å². The Hall–Kier alpha value is -1.97. The van der Waals surface area contributed by atoms with Crippen LogP contribution in [0.15, 0.2) is 24.3 Å². The zero-order valence-electron chi connectivity index (χ0n) is 15.3. The lowest BCUT2D eigenvalue weighted by Gasteiger charge is -2.21. The number of rotatable bonds is 8. The lowest BCUT2D eigenvalue weighted by Crippen LogP contribution is -2.36. The molecule has 0 aliphatic heterocycles. The van der Waals surface area contributed by atoms with Gasteiger partial charge in [-0.2, -0.15) is 13.2 Å². The van der Waals surface area contributed by atoms with E-state index in [1.54, 1.807) is 26.0 Å². The van der Waals surface area contributed by atoms with Gasteiger partial charge in [0.1, 0.15) is 9.88 Å². The maximum atomic E-state index is 12.8. The smallest absolute Gasteiger partial charge is 0.383 e. The minimum atomic E-state index is -4.39. The molecule has 0 aliphatic carbocycles. The highest BCUT2D eigenvalue weighted by molar-refractivity contribution is 7.17. The fraction of sp³-hybridized carbons (Fsp3) is 0.444. The van der Waals surface area contributed by atoms with Gasteiger partial charge in [0, 0.05) is 32.9 Å². The molecule has 0 unspecified atom stereocenters. The van der Waals surface area contributed by atoms with Crippen molar-refractivity contribution in [3.63, 3.8) is 0 Å². The van der Waals surface area contributed by atoms with Crippen molar-refractivity contribution < 1.29 is 27.4 Å². The molecule has 1 aromatic heterocycles. The SMILES string of the molecule is COCCN(CCOC)C(=O)c1sc(-c2ccc(C(F)(F)F)cc2)nc1C. The van der Waals surface area contributed by atoms with Crippen LogP contribution in [0.1, 0.15) is 20.9 Å². The highest BCUT2D eigenvalue weighted by atomic mass is 32.1. The summed E-state index contributed by atoms with van der Waals surface area (Å²) in [5.74, 6) is -0.197. The summed E-state index contributed by atoms with van der Waals surface area (Å²) < 4.78 is 48.2. The topological polar surface area (TPSA) is 51.7 Å². The van der Waals surface area contributed by atoms with E-state index in [0.717, 1.165) is 23.5 Å². The van der Waals surface area contributed by atoms with Crippen LogP contribution in [0.3, 0.4) is 0 Å². The van der Waals surface area contributed by atoms with Gasteiger partial charge in [0.05, 0.1) is 24.5 Å². The van der Waals surface area contributed by atoms with Crippen LogP contribution in [-0.4, -0.2) is 56.3 Å². The van der Waals surface area contributed by atoms with E-state index in [1.165, 1.54) is 12.1 Å². The Morgan fingerprint density at radius 2 is 1.67 bits per heavy atom. The van der Waals surface area contributed by atoms with Crippen LogP contribution in [0.5, 0.6) is 0 Å². The van der Waals surface area contributed by atoms with Gasteiger partial charge in [-0.1, -0.05) is 12.1 Å². The van der Waals surface area contributed by atoms with Crippen LogP contribution in [0.4, 0.5) is 13.2 Å². The number of carbonyl (C=O) groups is 1. The number of hydrogen-bond donors (Lipinski definition) is 0. The molecule has 5 nitrogen and oxygen atoms in total. The first-order chi connectivity index (χ1) is 12.8. The Bertz CT molecular complexity index is 752. The molecule has 1 amide bonds. The average Bonchev–Trinajstić information content (AvgIpc) is 3.02. The molecule has 0 N–H and O–H groups in total. The molecule has 0 saturated heterocycles. The quantitative estimate of drug-likeness (QED) is 0.673. The van der Waals surface area contributed by atoms with Crippen molar-refractivity contribution in [3.8, 4) is 10.6 Å². The van der Waals surface area contributed by atoms with Crippen molar-refractivity contribution in [3.05, 3.63) is 40.4 Å². The molecule has 9 heteroatoms. The first kappa shape index (κ1) is 21.3. The van der Waals surface area contributed by atoms with E-state index >= 15 is 0 Å². The number of hydrogen-bond acceptors (Lipinski definition) is 5. The number of nitrogens with zero attached hydrogens (tertiary/aromatic N) is 2. The summed E-state index contributed by atoms with van der Waals surface area (Å²) in [4.78, 5) is 19.3. The molecule has 1 aromatic carbocycles. The van der Waals surface area contributed by atoms with Gasteiger partial charge < -0.3 is 14.4 Å². The Balaban J connectivity index is 2.24. The van der Waals surface area contributed by atoms with Crippen LogP contribution in [0.2, 0.25) is 0 Å². The highest BCUT2D eigenvalue weighted by Crippen LogP contribution is 2.33. The standard InChI is InChI=1S/C18H21F3N2O3S/c1-12-15(17(24)23(8-10-25-2)9-11-26-3)27-16(22-12)13-4-6-14(7-5-13)18(19,20)21/h4-7H,8-11H2,1-3H3. The Labute approximate surface area is 159 Å². The summed E-state index contributed by atoms with van der Waals surface area (Å²) in [7, 11) is 3.11. The highest BCUT2D eigenvalue weighted by Gasteiger charge is 2.30. The third-order valence-electron chi connectivity index (χ3n) is 3.87. The van der Waals surface area contributed by atoms with Gasteiger partial charge >= 0.3 is 6.18 Å². The summed E-state index contributed by atoms with van der Waals surface area (Å²) in [6, 6.07) is 4.75. The van der Waals surface area contributed by atoms with E-state index in [9.17, 15) is 18.0 Å². The number of aromatic nitrogens is 1. The minimum absolute atomic E-state index is 0.197. The summed E-state index contributed by atoms with van der Waals surface area (Å²) in [6.45, 7) is 3.30. The predicted octanol–water partition coefficient (Wildman–Crippen LogP) is 3.87. The second-order valence-corrected chi connectivity index (χ2v) is 6.79. The van der Waals surface area contributed by atoms with E-state index in [4.69, 9.17) is 9.47 Å². The molecule has 2 aromatic rings. The summed E-state index contributed by atoms with van der Waals surface area (Å²) in [5, 5.41) is 0.503. The molecule has 0 atom stereocenters. The van der Waals surface area contributed by atoms with Gasteiger partial charge in [0.25, 0.3) is 5.91 Å². The number of alkyl halides is 3. The maximum Gasteiger partial charge on any atom is 0.416 e. The zero-order valence-corrected chi connectivity index (χ0v) is 16.1. The summed E-state index contributed by atoms with van der Waals surface area (Å²) in [6.07, 6.45) is -4.39. The van der Waals surface area contributed by atoms with Crippen LogP contribution >= 0.6 is 11.3 Å². The lowest BCUT2D eigenvalue weighted by atomic mass is 10.1. The fourth-order valence-electron chi connectivity index (χ4n) is 2.38. The maximum absolute atomic E-state index is 12.8. The molecular weight excluding hydrogens is 381 g/mol. The fourth-order valence-corrected chi connectivity index (χ4v) is 3.42. The summed E-state index contributed by atoms with van der Waals surface area (Å²) >= 11 is 1.16. The van der Waals surface area contributed by atoms with Crippen LogP contribution in [0.25, 0.3) is 10.6 Å². The number of methoxy groups -OCH3 is 2. The molecule has 0 aliphatic rings. The van der Waals surface area contributed by atoms with Crippen molar-refractivity contribution in [2.75, 3.05) is 40.5 Å². The first-order valence-corrected chi connectivity index (χ1v) is 9.01. The number of thiazole rings is 1. The number of benzene rings is 1. The van der Waals surface area contributed by atoms with E-state index < -0.39 is 11.7 Å². The molecule has 0 radical (unpaired) electrons. The zero-order chi connectivity index (χ0) is 20.0. The molecule has 0 spiro atoms. The third-order valence-corrected chi connectivity index (χ3v) is 5.06. The van der Waals surface area contributed by atoms with Crippen molar-refractivity contribution in [2.45, 2.75) is 13.1 Å². The molecule has 0 saturated carbocycles. The first-order valence-electron chi connectivity index (χ1n) is 8.20. The van der Waals surface area contributed by atoms with Gasteiger partial charge in [-0.05, 0) is 19.1 Å². The van der Waals surface area contributed by atoms with Gasteiger partial charge in [0.15, 0.2) is 0 Å². The van der Waals surface area contributed by atoms with Crippen LogP contribution < -0.4 is 0 Å². The monoisotopic (exact) mass is 402 g/mol. The average molecular weight is 402 g/mol. The number of amides is 1. The second kappa shape index (κ2) is 9.29. The van der Waals surface area contributed by atoms with Gasteiger partial charge in [-0.15, -0.1) is 11.3 Å². The second-order valence-electron chi connectivity index (χ2n) is 5.79. The number of aryl methyl sites for hydroxylation is 1. The van der Waals surface area contributed by atoms with E-state index in [2.05, 4.69) is 4.98 Å². The van der Waals surface area contributed by atoms with Crippen molar-refractivity contribution in [1.29, 1.82) is 0 Å². The molecular formula is C18H21F3N2O3S. The van der Waals surface area contributed by atoms with E-state index in [-0.39, 0.29) is 5.91 Å². The number of ether oxygens (including phenoxy) is 2. The lowest BCUT2D eigenvalue weighted by molar-refractivity contribution is -0.137. The summed E-state index contributed by atoms with van der Waals surface area (Å²) in [5.41, 5.74) is 0.358. The van der Waals surface area contributed by atoms with E-state index in [1.807, 2.05) is 0 Å². The van der Waals surface area contributed by atoms with Crippen molar-refractivity contribution in [1.82, 2.24) is 9.88 Å². The Kier molecular flexibility index (Phi) is 7.34. The third kappa shape index (κ3) is 5.50. The molecule has 0 bridgehead atoms. The minimum Gasteiger partial charge on any atom is -0.383 e. The Morgan fingerprint density at radius 3 is 2.15 bits per heavy atom. The molecule has 0 fully saturated rings. The Morgan fingerprint density at radius 1 is 1.11 bits per heavy atom.